The molecule has 126 valence electrons. The number of aliphatic imine (C=N–C) groups is 1. The van der Waals surface area contributed by atoms with Gasteiger partial charge in [-0.3, -0.25) is 4.99 Å². The highest BCUT2D eigenvalue weighted by Gasteiger charge is 2.13. The van der Waals surface area contributed by atoms with E-state index in [0.717, 1.165) is 32.0 Å². The number of nitrogens with one attached hydrogen (secondary N) is 2. The molecule has 1 aromatic rings. The Hall–Kier alpha value is -1.07. The summed E-state index contributed by atoms with van der Waals surface area (Å²) in [5, 5.41) is 8.89. The molecule has 0 radical (unpaired) electrons. The SMILES string of the molecule is CCNC(=NCC(CC(C)C)N(C)C)NCCc1cccs1. The molecule has 0 aromatic carbocycles. The van der Waals surface area contributed by atoms with E-state index < -0.39 is 0 Å². The van der Waals surface area contributed by atoms with E-state index in [1.54, 1.807) is 0 Å². The number of nitrogens with zero attached hydrogens (tertiary/aromatic N) is 2. The lowest BCUT2D eigenvalue weighted by Gasteiger charge is -2.24. The Morgan fingerprint density at radius 1 is 1.32 bits per heavy atom. The summed E-state index contributed by atoms with van der Waals surface area (Å²) >= 11 is 1.81. The number of hydrogen-bond donors (Lipinski definition) is 2. The zero-order valence-electron chi connectivity index (χ0n) is 14.7. The molecule has 0 bridgehead atoms. The van der Waals surface area contributed by atoms with Crippen LogP contribution in [0.5, 0.6) is 0 Å². The number of hydrogen-bond acceptors (Lipinski definition) is 3. The van der Waals surface area contributed by atoms with Crippen LogP contribution in [0.25, 0.3) is 0 Å². The van der Waals surface area contributed by atoms with Gasteiger partial charge in [-0.1, -0.05) is 19.9 Å². The van der Waals surface area contributed by atoms with Gasteiger partial charge in [0.1, 0.15) is 0 Å². The maximum absolute atomic E-state index is 4.76. The van der Waals surface area contributed by atoms with Crippen LogP contribution in [0, 0.1) is 5.92 Å². The van der Waals surface area contributed by atoms with Crippen LogP contribution in [0.2, 0.25) is 0 Å². The van der Waals surface area contributed by atoms with Gasteiger partial charge in [-0.25, -0.2) is 0 Å². The second-order valence-corrected chi connectivity index (χ2v) is 7.25. The van der Waals surface area contributed by atoms with Gasteiger partial charge >= 0.3 is 0 Å². The minimum absolute atomic E-state index is 0.493. The summed E-state index contributed by atoms with van der Waals surface area (Å²) in [4.78, 5) is 8.45. The smallest absolute Gasteiger partial charge is 0.191 e. The third-order valence-electron chi connectivity index (χ3n) is 3.52. The van der Waals surface area contributed by atoms with Crippen molar-refractivity contribution in [3.05, 3.63) is 22.4 Å². The normalized spacial score (nSPS) is 13.7. The first kappa shape index (κ1) is 19.0. The maximum Gasteiger partial charge on any atom is 0.191 e. The molecule has 1 atom stereocenters. The van der Waals surface area contributed by atoms with Gasteiger partial charge in [-0.05, 0) is 51.2 Å². The molecule has 1 aromatic heterocycles. The minimum Gasteiger partial charge on any atom is -0.357 e. The van der Waals surface area contributed by atoms with Gasteiger partial charge in [0.25, 0.3) is 0 Å². The Balaban J connectivity index is 2.48. The van der Waals surface area contributed by atoms with E-state index in [1.165, 1.54) is 11.3 Å². The van der Waals surface area contributed by atoms with E-state index in [0.29, 0.717) is 12.0 Å². The predicted octanol–water partition coefficient (Wildman–Crippen LogP) is 2.82. The number of rotatable bonds is 9. The molecule has 0 aliphatic carbocycles. The van der Waals surface area contributed by atoms with Crippen molar-refractivity contribution in [1.82, 2.24) is 15.5 Å². The van der Waals surface area contributed by atoms with E-state index in [4.69, 9.17) is 4.99 Å². The monoisotopic (exact) mass is 324 g/mol. The van der Waals surface area contributed by atoms with E-state index >= 15 is 0 Å². The fraction of sp³-hybridized carbons (Fsp3) is 0.706. The Labute approximate surface area is 140 Å². The highest BCUT2D eigenvalue weighted by molar-refractivity contribution is 7.09. The number of thiophene rings is 1. The zero-order valence-corrected chi connectivity index (χ0v) is 15.5. The van der Waals surface area contributed by atoms with Crippen LogP contribution < -0.4 is 10.6 Å². The van der Waals surface area contributed by atoms with Crippen molar-refractivity contribution in [3.63, 3.8) is 0 Å². The van der Waals surface area contributed by atoms with Gasteiger partial charge < -0.3 is 15.5 Å². The topological polar surface area (TPSA) is 39.7 Å². The maximum atomic E-state index is 4.76. The van der Waals surface area contributed by atoms with Gasteiger partial charge in [0.2, 0.25) is 0 Å². The van der Waals surface area contributed by atoms with E-state index in [1.807, 2.05) is 11.3 Å². The van der Waals surface area contributed by atoms with E-state index in [2.05, 4.69) is 67.9 Å². The molecular formula is C17H32N4S. The summed E-state index contributed by atoms with van der Waals surface area (Å²) in [6.45, 7) is 9.29. The zero-order chi connectivity index (χ0) is 16.4. The molecule has 5 heteroatoms. The Morgan fingerprint density at radius 3 is 2.64 bits per heavy atom. The number of guanidine groups is 1. The molecule has 0 amide bonds. The lowest BCUT2D eigenvalue weighted by molar-refractivity contribution is 0.261. The molecule has 0 aliphatic rings. The summed E-state index contributed by atoms with van der Waals surface area (Å²) in [6.07, 6.45) is 2.22. The largest absolute Gasteiger partial charge is 0.357 e. The molecule has 0 saturated carbocycles. The Bertz CT molecular complexity index is 412. The average Bonchev–Trinajstić information content (AvgIpc) is 2.95. The standard InChI is InChI=1S/C17H32N4S/c1-6-18-17(19-10-9-16-8-7-11-22-16)20-13-15(21(4)5)12-14(2)3/h7-8,11,14-15H,6,9-10,12-13H2,1-5H3,(H2,18,19,20). The molecule has 1 heterocycles. The van der Waals surface area contributed by atoms with Gasteiger partial charge in [-0.15, -0.1) is 11.3 Å². The second-order valence-electron chi connectivity index (χ2n) is 6.22. The number of likely N-dealkylation sites (N-methyl/N-ethyl adjacent to an activating group) is 1. The van der Waals surface area contributed by atoms with Crippen LogP contribution in [-0.4, -0.2) is 50.6 Å². The van der Waals surface area contributed by atoms with Gasteiger partial charge in [-0.2, -0.15) is 0 Å². The van der Waals surface area contributed by atoms with Gasteiger partial charge in [0, 0.05) is 24.0 Å². The lowest BCUT2D eigenvalue weighted by atomic mass is 10.0. The molecule has 2 N–H and O–H groups in total. The molecule has 22 heavy (non-hydrogen) atoms. The summed E-state index contributed by atoms with van der Waals surface area (Å²) in [5.41, 5.74) is 0. The molecule has 1 rings (SSSR count). The van der Waals surface area contributed by atoms with Crippen molar-refractivity contribution < 1.29 is 0 Å². The highest BCUT2D eigenvalue weighted by atomic mass is 32.1. The average molecular weight is 325 g/mol. The summed E-state index contributed by atoms with van der Waals surface area (Å²) in [5.74, 6) is 1.62. The summed E-state index contributed by atoms with van der Waals surface area (Å²) < 4.78 is 0. The molecule has 4 nitrogen and oxygen atoms in total. The van der Waals surface area contributed by atoms with Crippen molar-refractivity contribution in [2.24, 2.45) is 10.9 Å². The lowest BCUT2D eigenvalue weighted by Crippen LogP contribution is -2.40. The van der Waals surface area contributed by atoms with Crippen LogP contribution in [0.15, 0.2) is 22.5 Å². The molecule has 1 unspecified atom stereocenters. The van der Waals surface area contributed by atoms with Crippen molar-refractivity contribution in [3.8, 4) is 0 Å². The predicted molar refractivity (Wildman–Crippen MR) is 98.9 cm³/mol. The van der Waals surface area contributed by atoms with Crippen molar-refractivity contribution >= 4 is 17.3 Å². The quantitative estimate of drug-likeness (QED) is 0.542. The van der Waals surface area contributed by atoms with Crippen molar-refractivity contribution in [2.75, 3.05) is 33.7 Å². The first-order valence-corrected chi connectivity index (χ1v) is 9.11. The third kappa shape index (κ3) is 7.80. The molecule has 0 saturated heterocycles. The van der Waals surface area contributed by atoms with Crippen LogP contribution in [0.4, 0.5) is 0 Å². The van der Waals surface area contributed by atoms with Gasteiger partial charge in [0.05, 0.1) is 6.54 Å². The highest BCUT2D eigenvalue weighted by Crippen LogP contribution is 2.10. The Kier molecular flexibility index (Phi) is 9.16. The summed E-state index contributed by atoms with van der Waals surface area (Å²) in [7, 11) is 4.28. The fourth-order valence-corrected chi connectivity index (χ4v) is 3.00. The third-order valence-corrected chi connectivity index (χ3v) is 4.46. The first-order chi connectivity index (χ1) is 10.5. The van der Waals surface area contributed by atoms with E-state index in [-0.39, 0.29) is 0 Å². The van der Waals surface area contributed by atoms with Gasteiger partial charge in [0.15, 0.2) is 5.96 Å². The minimum atomic E-state index is 0.493. The molecule has 0 aliphatic heterocycles. The first-order valence-electron chi connectivity index (χ1n) is 8.23. The van der Waals surface area contributed by atoms with Crippen LogP contribution >= 0.6 is 11.3 Å². The fourth-order valence-electron chi connectivity index (χ4n) is 2.29. The molecule has 0 fully saturated rings. The Morgan fingerprint density at radius 2 is 2.09 bits per heavy atom. The second kappa shape index (κ2) is 10.6. The summed E-state index contributed by atoms with van der Waals surface area (Å²) in [6, 6.07) is 4.78. The van der Waals surface area contributed by atoms with Crippen molar-refractivity contribution in [2.45, 2.75) is 39.7 Å². The van der Waals surface area contributed by atoms with E-state index in [9.17, 15) is 0 Å². The van der Waals surface area contributed by atoms with Crippen molar-refractivity contribution in [1.29, 1.82) is 0 Å². The molecular weight excluding hydrogens is 292 g/mol. The van der Waals surface area contributed by atoms with Crippen LogP contribution in [0.1, 0.15) is 32.1 Å². The molecule has 0 spiro atoms. The van der Waals surface area contributed by atoms with Crippen LogP contribution in [-0.2, 0) is 6.42 Å². The van der Waals surface area contributed by atoms with Crippen LogP contribution in [0.3, 0.4) is 0 Å².